The van der Waals surface area contributed by atoms with Crippen molar-refractivity contribution in [2.24, 2.45) is 0 Å². The summed E-state index contributed by atoms with van der Waals surface area (Å²) in [4.78, 5) is 27.5. The number of hydrogen-bond donors (Lipinski definition) is 1. The number of fused-ring (bicyclic) bond motifs is 2. The van der Waals surface area contributed by atoms with Crippen LogP contribution in [0.3, 0.4) is 0 Å². The highest BCUT2D eigenvalue weighted by molar-refractivity contribution is 7.12. The van der Waals surface area contributed by atoms with Crippen LogP contribution in [-0.4, -0.2) is 22.0 Å². The van der Waals surface area contributed by atoms with Gasteiger partial charge in [0.1, 0.15) is 16.0 Å². The van der Waals surface area contributed by atoms with E-state index >= 15 is 0 Å². The van der Waals surface area contributed by atoms with E-state index in [4.69, 9.17) is 0 Å². The predicted molar refractivity (Wildman–Crippen MR) is 93.9 cm³/mol. The largest absolute Gasteiger partial charge is 0.369 e. The van der Waals surface area contributed by atoms with Crippen LogP contribution in [0, 0.1) is 5.82 Å². The minimum Gasteiger partial charge on any atom is -0.369 e. The summed E-state index contributed by atoms with van der Waals surface area (Å²) in [6, 6.07) is 3.42. The number of hydrogen-bond acceptors (Lipinski definition) is 4. The summed E-state index contributed by atoms with van der Waals surface area (Å²) in [5.41, 5.74) is 0.566. The fraction of sp³-hybridized carbons (Fsp3) is 0.412. The van der Waals surface area contributed by atoms with Crippen molar-refractivity contribution in [2.75, 3.05) is 18.0 Å². The van der Waals surface area contributed by atoms with Crippen LogP contribution in [0.4, 0.5) is 10.1 Å². The number of aromatic amines is 1. The van der Waals surface area contributed by atoms with Crippen molar-refractivity contribution in [3.05, 3.63) is 38.5 Å². The molecule has 0 radical (unpaired) electrons. The standard InChI is InChI=1S/C17H16FN3O2S/c18-11-7-10-12(8-13(11)20-5-1-2-6-20)21(9-3-4-9)17-14(15(10)22)16(23)19-24-17/h7-9H,1-6H2,(H,19,23). The predicted octanol–water partition coefficient (Wildman–Crippen LogP) is 2.98. The van der Waals surface area contributed by atoms with Gasteiger partial charge >= 0.3 is 0 Å². The molecule has 1 saturated heterocycles. The molecular weight excluding hydrogens is 329 g/mol. The molecule has 0 bridgehead atoms. The van der Waals surface area contributed by atoms with Gasteiger partial charge in [-0.2, -0.15) is 0 Å². The summed E-state index contributed by atoms with van der Waals surface area (Å²) >= 11 is 1.20. The summed E-state index contributed by atoms with van der Waals surface area (Å²) < 4.78 is 19.4. The lowest BCUT2D eigenvalue weighted by Crippen LogP contribution is -2.20. The molecule has 1 aromatic carbocycles. The maximum atomic E-state index is 14.7. The van der Waals surface area contributed by atoms with Crippen molar-refractivity contribution in [3.8, 4) is 0 Å². The molecule has 0 amide bonds. The minimum absolute atomic E-state index is 0.160. The summed E-state index contributed by atoms with van der Waals surface area (Å²) in [5, 5.41) is 0.464. The normalized spacial score (nSPS) is 18.1. The molecule has 7 heteroatoms. The van der Waals surface area contributed by atoms with Crippen molar-refractivity contribution < 1.29 is 4.39 Å². The maximum Gasteiger partial charge on any atom is 0.271 e. The van der Waals surface area contributed by atoms with Crippen molar-refractivity contribution in [1.82, 2.24) is 8.94 Å². The van der Waals surface area contributed by atoms with E-state index in [9.17, 15) is 14.0 Å². The fourth-order valence-corrected chi connectivity index (χ4v) is 4.66. The molecule has 2 aromatic heterocycles. The number of nitrogens with zero attached hydrogens (tertiary/aromatic N) is 2. The van der Waals surface area contributed by atoms with Gasteiger partial charge in [0, 0.05) is 24.5 Å². The fourth-order valence-electron chi connectivity index (χ4n) is 3.74. The molecule has 0 atom stereocenters. The SMILES string of the molecule is O=c1[nH]sc2c1c(=O)c1cc(F)c(N3CCCC3)cc1n2C1CC1. The number of H-pyrrole nitrogens is 1. The van der Waals surface area contributed by atoms with Crippen LogP contribution < -0.4 is 15.9 Å². The highest BCUT2D eigenvalue weighted by atomic mass is 32.1. The highest BCUT2D eigenvalue weighted by Crippen LogP contribution is 2.40. The Bertz CT molecular complexity index is 1090. The Morgan fingerprint density at radius 2 is 1.92 bits per heavy atom. The third kappa shape index (κ3) is 1.90. The van der Waals surface area contributed by atoms with E-state index in [1.165, 1.54) is 17.6 Å². The van der Waals surface area contributed by atoms with Crippen molar-refractivity contribution >= 4 is 38.3 Å². The molecule has 3 aromatic rings. The molecule has 2 fully saturated rings. The third-order valence-corrected chi connectivity index (χ3v) is 5.94. The van der Waals surface area contributed by atoms with Crippen LogP contribution in [0.25, 0.3) is 21.1 Å². The molecular formula is C17H16FN3O2S. The lowest BCUT2D eigenvalue weighted by atomic mass is 10.1. The Labute approximate surface area is 140 Å². The van der Waals surface area contributed by atoms with E-state index in [2.05, 4.69) is 8.94 Å². The lowest BCUT2D eigenvalue weighted by Gasteiger charge is -2.20. The number of anilines is 1. The topological polar surface area (TPSA) is 58.1 Å². The van der Waals surface area contributed by atoms with Gasteiger partial charge in [-0.3, -0.25) is 14.0 Å². The Morgan fingerprint density at radius 3 is 2.62 bits per heavy atom. The highest BCUT2D eigenvalue weighted by Gasteiger charge is 2.29. The smallest absolute Gasteiger partial charge is 0.271 e. The van der Waals surface area contributed by atoms with Crippen LogP contribution in [0.2, 0.25) is 0 Å². The average molecular weight is 345 g/mol. The zero-order valence-corrected chi connectivity index (χ0v) is 13.8. The molecule has 5 nitrogen and oxygen atoms in total. The first-order valence-corrected chi connectivity index (χ1v) is 9.10. The molecule has 24 heavy (non-hydrogen) atoms. The molecule has 0 spiro atoms. The van der Waals surface area contributed by atoms with E-state index in [1.807, 2.05) is 4.90 Å². The number of rotatable bonds is 2. The molecule has 3 heterocycles. The summed E-state index contributed by atoms with van der Waals surface area (Å²) in [5.74, 6) is -0.380. The van der Waals surface area contributed by atoms with E-state index in [0.717, 1.165) is 44.3 Å². The second kappa shape index (κ2) is 4.92. The van der Waals surface area contributed by atoms with Crippen LogP contribution in [0.5, 0.6) is 0 Å². The van der Waals surface area contributed by atoms with Crippen LogP contribution in [0.15, 0.2) is 21.7 Å². The van der Waals surface area contributed by atoms with E-state index in [0.29, 0.717) is 21.9 Å². The Kier molecular flexibility index (Phi) is 2.92. The third-order valence-electron chi connectivity index (χ3n) is 5.06. The Morgan fingerprint density at radius 1 is 1.17 bits per heavy atom. The molecule has 1 aliphatic carbocycles. The van der Waals surface area contributed by atoms with Gasteiger partial charge in [-0.1, -0.05) is 0 Å². The second-order valence-electron chi connectivity index (χ2n) is 6.66. The number of aromatic nitrogens is 2. The Hall–Kier alpha value is -2.15. The van der Waals surface area contributed by atoms with Crippen molar-refractivity contribution in [2.45, 2.75) is 31.7 Å². The van der Waals surface area contributed by atoms with Gasteiger partial charge in [-0.15, -0.1) is 0 Å². The van der Waals surface area contributed by atoms with Crippen molar-refractivity contribution in [3.63, 3.8) is 0 Å². The van der Waals surface area contributed by atoms with Gasteiger partial charge in [0.05, 0.1) is 11.2 Å². The first-order chi connectivity index (χ1) is 11.6. The van der Waals surface area contributed by atoms with Gasteiger partial charge in [-0.05, 0) is 49.3 Å². The number of benzene rings is 1. The maximum absolute atomic E-state index is 14.7. The van der Waals surface area contributed by atoms with Crippen LogP contribution in [-0.2, 0) is 0 Å². The second-order valence-corrected chi connectivity index (χ2v) is 7.45. The average Bonchev–Trinajstić information content (AvgIpc) is 3.10. The number of halogens is 1. The molecule has 2 aliphatic rings. The first kappa shape index (κ1) is 14.2. The van der Waals surface area contributed by atoms with E-state index in [1.54, 1.807) is 6.07 Å². The minimum atomic E-state index is -0.380. The van der Waals surface area contributed by atoms with Gasteiger partial charge < -0.3 is 9.47 Å². The first-order valence-electron chi connectivity index (χ1n) is 8.29. The molecule has 1 aliphatic heterocycles. The molecule has 0 unspecified atom stereocenters. The quantitative estimate of drug-likeness (QED) is 0.777. The zero-order chi connectivity index (χ0) is 16.4. The van der Waals surface area contributed by atoms with Crippen LogP contribution >= 0.6 is 11.5 Å². The molecule has 1 N–H and O–H groups in total. The zero-order valence-electron chi connectivity index (χ0n) is 13.0. The van der Waals surface area contributed by atoms with Gasteiger partial charge in [0.2, 0.25) is 5.43 Å². The molecule has 5 rings (SSSR count). The lowest BCUT2D eigenvalue weighted by molar-refractivity contribution is 0.624. The van der Waals surface area contributed by atoms with E-state index < -0.39 is 0 Å². The van der Waals surface area contributed by atoms with Gasteiger partial charge in [-0.25, -0.2) is 4.39 Å². The van der Waals surface area contributed by atoms with Crippen molar-refractivity contribution in [1.29, 1.82) is 0 Å². The van der Waals surface area contributed by atoms with E-state index in [-0.39, 0.29) is 22.2 Å². The summed E-state index contributed by atoms with van der Waals surface area (Å²) in [6.07, 6.45) is 4.17. The van der Waals surface area contributed by atoms with Gasteiger partial charge in [0.15, 0.2) is 0 Å². The van der Waals surface area contributed by atoms with Crippen LogP contribution in [0.1, 0.15) is 31.7 Å². The summed E-state index contributed by atoms with van der Waals surface area (Å²) in [6.45, 7) is 1.69. The molecule has 124 valence electrons. The summed E-state index contributed by atoms with van der Waals surface area (Å²) in [7, 11) is 0. The number of nitrogens with one attached hydrogen (secondary N) is 1. The Balaban J connectivity index is 1.91. The molecule has 1 saturated carbocycles. The monoisotopic (exact) mass is 345 g/mol. The number of pyridine rings is 1. The van der Waals surface area contributed by atoms with Gasteiger partial charge in [0.25, 0.3) is 5.56 Å².